The minimum atomic E-state index is -4.82. The molecule has 0 unspecified atom stereocenters. The maximum atomic E-state index is 12.9. The van der Waals surface area contributed by atoms with Crippen molar-refractivity contribution in [2.24, 2.45) is 0 Å². The maximum Gasteiger partial charge on any atom is 0.573 e. The Labute approximate surface area is 214 Å². The quantitative estimate of drug-likeness (QED) is 0.335. The lowest BCUT2D eigenvalue weighted by atomic mass is 9.97. The zero-order chi connectivity index (χ0) is 26.0. The van der Waals surface area contributed by atoms with Gasteiger partial charge < -0.3 is 19.9 Å². The van der Waals surface area contributed by atoms with Crippen LogP contribution in [0.3, 0.4) is 0 Å². The number of benzene rings is 2. The van der Waals surface area contributed by atoms with Crippen molar-refractivity contribution in [1.82, 2.24) is 14.9 Å². The Morgan fingerprint density at radius 1 is 1.14 bits per heavy atom. The molecule has 2 aromatic heterocycles. The van der Waals surface area contributed by atoms with Crippen molar-refractivity contribution >= 4 is 39.7 Å². The molecule has 0 bridgehead atoms. The minimum absolute atomic E-state index is 0.0825. The van der Waals surface area contributed by atoms with E-state index in [1.54, 1.807) is 5.38 Å². The molecular weight excluding hydrogens is 505 g/mol. The van der Waals surface area contributed by atoms with Gasteiger partial charge in [-0.3, -0.25) is 9.59 Å². The summed E-state index contributed by atoms with van der Waals surface area (Å²) in [5, 5.41) is 6.06. The zero-order valence-electron chi connectivity index (χ0n) is 19.5. The van der Waals surface area contributed by atoms with Crippen molar-refractivity contribution in [1.29, 1.82) is 0 Å². The number of halogens is 3. The molecule has 37 heavy (non-hydrogen) atoms. The van der Waals surface area contributed by atoms with Gasteiger partial charge in [0.15, 0.2) is 0 Å². The molecule has 1 saturated heterocycles. The Balaban J connectivity index is 1.15. The fourth-order valence-electron chi connectivity index (χ4n) is 4.47. The molecule has 0 radical (unpaired) electrons. The number of carbonyl (C=O) groups is 2. The summed E-state index contributed by atoms with van der Waals surface area (Å²) in [6.07, 6.45) is -1.11. The van der Waals surface area contributed by atoms with Crippen LogP contribution in [0.2, 0.25) is 0 Å². The number of likely N-dealkylation sites (tertiary alicyclic amines) is 1. The number of carbonyl (C=O) groups excluding carboxylic acids is 2. The largest absolute Gasteiger partial charge is 0.573 e. The Morgan fingerprint density at radius 3 is 2.70 bits per heavy atom. The molecule has 3 heterocycles. The molecule has 5 rings (SSSR count). The fraction of sp³-hybridized carbons (Fsp3) is 0.269. The van der Waals surface area contributed by atoms with Crippen LogP contribution in [0, 0.1) is 0 Å². The van der Waals surface area contributed by atoms with Crippen LogP contribution >= 0.6 is 11.3 Å². The van der Waals surface area contributed by atoms with E-state index in [0.717, 1.165) is 46.4 Å². The number of thiazole rings is 1. The number of H-pyrrole nitrogens is 1. The summed E-state index contributed by atoms with van der Waals surface area (Å²) < 4.78 is 41.2. The van der Waals surface area contributed by atoms with E-state index in [9.17, 15) is 22.8 Å². The lowest BCUT2D eigenvalue weighted by molar-refractivity contribution is -0.274. The molecule has 2 aromatic carbocycles. The molecule has 192 valence electrons. The van der Waals surface area contributed by atoms with Crippen LogP contribution in [-0.4, -0.2) is 46.1 Å². The van der Waals surface area contributed by atoms with E-state index in [4.69, 9.17) is 0 Å². The predicted molar refractivity (Wildman–Crippen MR) is 134 cm³/mol. The average molecular weight is 529 g/mol. The van der Waals surface area contributed by atoms with Gasteiger partial charge in [0.1, 0.15) is 11.4 Å². The summed E-state index contributed by atoms with van der Waals surface area (Å²) in [4.78, 5) is 35.0. The van der Waals surface area contributed by atoms with E-state index in [-0.39, 0.29) is 23.2 Å². The van der Waals surface area contributed by atoms with Crippen molar-refractivity contribution in [2.75, 3.05) is 18.4 Å². The molecule has 11 heteroatoms. The fourth-order valence-corrected chi connectivity index (χ4v) is 5.45. The number of aromatic amines is 1. The first-order valence-electron chi connectivity index (χ1n) is 11.7. The highest BCUT2D eigenvalue weighted by molar-refractivity contribution is 7.10. The van der Waals surface area contributed by atoms with Gasteiger partial charge >= 0.3 is 6.36 Å². The molecule has 1 fully saturated rings. The molecule has 2 amide bonds. The summed E-state index contributed by atoms with van der Waals surface area (Å²) >= 11 is 1.37. The van der Waals surface area contributed by atoms with E-state index in [2.05, 4.69) is 20.0 Å². The number of nitrogens with one attached hydrogen (secondary N) is 2. The number of rotatable bonds is 6. The van der Waals surface area contributed by atoms with Crippen molar-refractivity contribution < 1.29 is 27.5 Å². The molecule has 0 atom stereocenters. The van der Waals surface area contributed by atoms with Gasteiger partial charge in [0, 0.05) is 53.2 Å². The van der Waals surface area contributed by atoms with Gasteiger partial charge in [-0.05, 0) is 36.6 Å². The lowest BCUT2D eigenvalue weighted by Gasteiger charge is -2.31. The minimum Gasteiger partial charge on any atom is -0.406 e. The topological polar surface area (TPSA) is 87.3 Å². The third kappa shape index (κ3) is 5.93. The summed E-state index contributed by atoms with van der Waals surface area (Å²) in [5.41, 5.74) is 2.35. The van der Waals surface area contributed by atoms with Crippen LogP contribution in [0.1, 0.15) is 39.8 Å². The number of para-hydroxylation sites is 1. The second-order valence-electron chi connectivity index (χ2n) is 8.79. The third-order valence-corrected chi connectivity index (χ3v) is 7.30. The van der Waals surface area contributed by atoms with E-state index in [1.165, 1.54) is 23.5 Å². The van der Waals surface area contributed by atoms with Crippen molar-refractivity contribution in [3.63, 3.8) is 0 Å². The zero-order valence-corrected chi connectivity index (χ0v) is 20.4. The summed E-state index contributed by atoms with van der Waals surface area (Å²) in [7, 11) is 0. The SMILES string of the molecule is O=C(Nc1cccc(OC(F)(F)F)c1)c1csc(C2CCN(C(=O)Cc3c[nH]c4ccccc34)CC2)n1. The summed E-state index contributed by atoms with van der Waals surface area (Å²) in [6.45, 7) is 1.22. The number of piperidine rings is 1. The highest BCUT2D eigenvalue weighted by atomic mass is 32.1. The number of hydrogen-bond donors (Lipinski definition) is 2. The number of aromatic nitrogens is 2. The van der Waals surface area contributed by atoms with Gasteiger partial charge in [0.2, 0.25) is 5.91 Å². The molecule has 1 aliphatic rings. The van der Waals surface area contributed by atoms with Crippen molar-refractivity contribution in [3.05, 3.63) is 76.4 Å². The van der Waals surface area contributed by atoms with E-state index in [0.29, 0.717) is 19.5 Å². The van der Waals surface area contributed by atoms with Crippen LogP contribution in [0.15, 0.2) is 60.1 Å². The van der Waals surface area contributed by atoms with Crippen LogP contribution in [0.5, 0.6) is 5.75 Å². The smallest absolute Gasteiger partial charge is 0.406 e. The van der Waals surface area contributed by atoms with Gasteiger partial charge in [-0.1, -0.05) is 24.3 Å². The lowest BCUT2D eigenvalue weighted by Crippen LogP contribution is -2.38. The Morgan fingerprint density at radius 2 is 1.92 bits per heavy atom. The molecular formula is C26H23F3N4O3S. The summed E-state index contributed by atoms with van der Waals surface area (Å²) in [6, 6.07) is 13.0. The maximum absolute atomic E-state index is 12.9. The second-order valence-corrected chi connectivity index (χ2v) is 9.68. The van der Waals surface area contributed by atoms with Crippen molar-refractivity contribution in [3.8, 4) is 5.75 Å². The van der Waals surface area contributed by atoms with Crippen LogP contribution in [0.4, 0.5) is 18.9 Å². The number of fused-ring (bicyclic) bond motifs is 1. The Bertz CT molecular complexity index is 1420. The first kappa shape index (κ1) is 24.8. The van der Waals surface area contributed by atoms with Gasteiger partial charge in [0.05, 0.1) is 11.4 Å². The average Bonchev–Trinajstić information content (AvgIpc) is 3.51. The highest BCUT2D eigenvalue weighted by Crippen LogP contribution is 2.31. The van der Waals surface area contributed by atoms with Gasteiger partial charge in [0.25, 0.3) is 5.91 Å². The van der Waals surface area contributed by atoms with E-state index < -0.39 is 18.0 Å². The molecule has 0 aliphatic carbocycles. The van der Waals surface area contributed by atoms with Gasteiger partial charge in [-0.2, -0.15) is 0 Å². The van der Waals surface area contributed by atoms with Gasteiger partial charge in [-0.25, -0.2) is 4.98 Å². The molecule has 0 spiro atoms. The van der Waals surface area contributed by atoms with Gasteiger partial charge in [-0.15, -0.1) is 24.5 Å². The number of anilines is 1. The molecule has 0 saturated carbocycles. The molecule has 1 aliphatic heterocycles. The number of ether oxygens (including phenoxy) is 1. The van der Waals surface area contributed by atoms with Crippen molar-refractivity contribution in [2.45, 2.75) is 31.5 Å². The van der Waals surface area contributed by atoms with Crippen LogP contribution in [-0.2, 0) is 11.2 Å². The first-order valence-corrected chi connectivity index (χ1v) is 12.6. The second kappa shape index (κ2) is 10.3. The Kier molecular flexibility index (Phi) is 6.88. The number of alkyl halides is 3. The first-order chi connectivity index (χ1) is 17.7. The van der Waals surface area contributed by atoms with E-state index in [1.807, 2.05) is 35.4 Å². The highest BCUT2D eigenvalue weighted by Gasteiger charge is 2.31. The number of hydrogen-bond acceptors (Lipinski definition) is 5. The third-order valence-electron chi connectivity index (χ3n) is 6.29. The number of nitrogens with zero attached hydrogens (tertiary/aromatic N) is 2. The summed E-state index contributed by atoms with van der Waals surface area (Å²) in [5.74, 6) is -0.723. The molecule has 2 N–H and O–H groups in total. The van der Waals surface area contributed by atoms with E-state index >= 15 is 0 Å². The molecule has 4 aromatic rings. The normalized spacial score (nSPS) is 14.6. The number of amides is 2. The monoisotopic (exact) mass is 528 g/mol. The predicted octanol–water partition coefficient (Wildman–Crippen LogP) is 5.72. The Hall–Kier alpha value is -3.86. The standard InChI is InChI=1S/C26H23F3N4O3S/c27-26(28,29)36-19-5-3-4-18(13-19)31-24(35)22-15-37-25(32-22)16-8-10-33(11-9-16)23(34)12-17-14-30-21-7-2-1-6-20(17)21/h1-7,13-16,30H,8-12H2,(H,31,35). The molecule has 7 nitrogen and oxygen atoms in total. The van der Waals surface area contributed by atoms with Crippen LogP contribution < -0.4 is 10.1 Å². The van der Waals surface area contributed by atoms with Crippen LogP contribution in [0.25, 0.3) is 10.9 Å².